The first-order valence-corrected chi connectivity index (χ1v) is 11.3. The van der Waals surface area contributed by atoms with Gasteiger partial charge in [0.1, 0.15) is 17.2 Å². The summed E-state index contributed by atoms with van der Waals surface area (Å²) in [5, 5.41) is 2.63. The van der Waals surface area contributed by atoms with E-state index in [0.717, 1.165) is 4.31 Å². The Bertz CT molecular complexity index is 1240. The molecule has 0 saturated heterocycles. The Labute approximate surface area is 192 Å². The highest BCUT2D eigenvalue weighted by molar-refractivity contribution is 7.89. The molecule has 1 N–H and O–H groups in total. The van der Waals surface area contributed by atoms with E-state index < -0.39 is 22.5 Å². The number of Topliss-reactive ketones (excluding diaryl/α,β-unsaturated/α-hetero) is 1. The Balaban J connectivity index is 1.69. The first kappa shape index (κ1) is 23.9. The number of carbonyl (C=O) groups excluding carboxylic acids is 2. The summed E-state index contributed by atoms with van der Waals surface area (Å²) in [6, 6.07) is 15.6. The topological polar surface area (TPSA) is 115 Å². The molecular weight excluding hydrogens is 446 g/mol. The fourth-order valence-corrected chi connectivity index (χ4v) is 3.97. The van der Waals surface area contributed by atoms with Gasteiger partial charge in [-0.15, -0.1) is 0 Å². The molecule has 1 heterocycles. The standard InChI is InChI=1S/C23H23N3O6S/c1-16(27)17-6-12-20(13-7-17)33(29,30)26(2)15-22(28)25-21-5-4-14-24-23(21)32-19-10-8-18(31-3)9-11-19/h4-14H,15H2,1-3H3,(H,25,28). The van der Waals surface area contributed by atoms with E-state index in [1.54, 1.807) is 43.5 Å². The van der Waals surface area contributed by atoms with E-state index >= 15 is 0 Å². The zero-order chi connectivity index (χ0) is 24.0. The lowest BCUT2D eigenvalue weighted by atomic mass is 10.2. The quantitative estimate of drug-likeness (QED) is 0.478. The fourth-order valence-electron chi connectivity index (χ4n) is 2.84. The van der Waals surface area contributed by atoms with Crippen molar-refractivity contribution in [2.45, 2.75) is 11.8 Å². The van der Waals surface area contributed by atoms with Gasteiger partial charge in [-0.05, 0) is 55.5 Å². The van der Waals surface area contributed by atoms with Crippen molar-refractivity contribution in [1.82, 2.24) is 9.29 Å². The number of aromatic nitrogens is 1. The summed E-state index contributed by atoms with van der Waals surface area (Å²) < 4.78 is 37.3. The average Bonchev–Trinajstić information content (AvgIpc) is 2.80. The number of hydrogen-bond acceptors (Lipinski definition) is 7. The molecular formula is C23H23N3O6S. The predicted molar refractivity (Wildman–Crippen MR) is 122 cm³/mol. The Morgan fingerprint density at radius 1 is 1.00 bits per heavy atom. The summed E-state index contributed by atoms with van der Waals surface area (Å²) in [7, 11) is -1.08. The number of anilines is 1. The Morgan fingerprint density at radius 2 is 1.64 bits per heavy atom. The minimum atomic E-state index is -3.93. The molecule has 0 fully saturated rings. The van der Waals surface area contributed by atoms with Gasteiger partial charge in [-0.25, -0.2) is 13.4 Å². The summed E-state index contributed by atoms with van der Waals surface area (Å²) in [6.45, 7) is 0.957. The maximum absolute atomic E-state index is 12.8. The second-order valence-electron chi connectivity index (χ2n) is 7.02. The Morgan fingerprint density at radius 3 is 2.24 bits per heavy atom. The molecule has 3 rings (SSSR count). The molecule has 0 atom stereocenters. The van der Waals surface area contributed by atoms with Gasteiger partial charge < -0.3 is 14.8 Å². The molecule has 1 aromatic heterocycles. The molecule has 0 radical (unpaired) electrons. The summed E-state index contributed by atoms with van der Waals surface area (Å²) in [6.07, 6.45) is 1.51. The normalized spacial score (nSPS) is 11.2. The van der Waals surface area contributed by atoms with E-state index in [9.17, 15) is 18.0 Å². The molecule has 0 saturated carbocycles. The third kappa shape index (κ3) is 5.93. The highest BCUT2D eigenvalue weighted by Gasteiger charge is 2.23. The third-order valence-electron chi connectivity index (χ3n) is 4.65. The van der Waals surface area contributed by atoms with E-state index in [-0.39, 0.29) is 22.2 Å². The molecule has 0 bridgehead atoms. The van der Waals surface area contributed by atoms with Crippen LogP contribution in [0.1, 0.15) is 17.3 Å². The second kappa shape index (κ2) is 10.2. The van der Waals surface area contributed by atoms with Crippen LogP contribution >= 0.6 is 0 Å². The number of methoxy groups -OCH3 is 1. The molecule has 0 aliphatic carbocycles. The highest BCUT2D eigenvalue weighted by Crippen LogP contribution is 2.28. The Hall–Kier alpha value is -3.76. The van der Waals surface area contributed by atoms with Gasteiger partial charge >= 0.3 is 0 Å². The SMILES string of the molecule is COc1ccc(Oc2ncccc2NC(=O)CN(C)S(=O)(=O)c2ccc(C(C)=O)cc2)cc1. The number of nitrogens with one attached hydrogen (secondary N) is 1. The van der Waals surface area contributed by atoms with Gasteiger partial charge in [0, 0.05) is 18.8 Å². The number of ketones is 1. The monoisotopic (exact) mass is 469 g/mol. The van der Waals surface area contributed by atoms with E-state index in [1.807, 2.05) is 0 Å². The number of sulfonamides is 1. The van der Waals surface area contributed by atoms with Gasteiger partial charge in [0.2, 0.25) is 21.8 Å². The smallest absolute Gasteiger partial charge is 0.243 e. The number of carbonyl (C=O) groups is 2. The van der Waals surface area contributed by atoms with Crippen molar-refractivity contribution >= 4 is 27.4 Å². The van der Waals surface area contributed by atoms with E-state index in [4.69, 9.17) is 9.47 Å². The largest absolute Gasteiger partial charge is 0.497 e. The molecule has 33 heavy (non-hydrogen) atoms. The first-order valence-electron chi connectivity index (χ1n) is 9.85. The average molecular weight is 470 g/mol. The minimum Gasteiger partial charge on any atom is -0.497 e. The van der Waals surface area contributed by atoms with Crippen LogP contribution in [0.5, 0.6) is 17.4 Å². The van der Waals surface area contributed by atoms with Crippen LogP contribution in [0.2, 0.25) is 0 Å². The van der Waals surface area contributed by atoms with Crippen LogP contribution in [0.25, 0.3) is 0 Å². The van der Waals surface area contributed by atoms with Crippen LogP contribution in [-0.4, -0.2) is 50.1 Å². The van der Waals surface area contributed by atoms with Crippen LogP contribution in [-0.2, 0) is 14.8 Å². The van der Waals surface area contributed by atoms with Crippen molar-refractivity contribution < 1.29 is 27.5 Å². The molecule has 3 aromatic rings. The summed E-state index contributed by atoms with van der Waals surface area (Å²) in [4.78, 5) is 28.1. The zero-order valence-corrected chi connectivity index (χ0v) is 19.1. The van der Waals surface area contributed by atoms with Crippen molar-refractivity contribution in [2.24, 2.45) is 0 Å². The van der Waals surface area contributed by atoms with E-state index in [1.165, 1.54) is 44.4 Å². The number of benzene rings is 2. The molecule has 0 aliphatic heterocycles. The lowest BCUT2D eigenvalue weighted by molar-refractivity contribution is -0.116. The van der Waals surface area contributed by atoms with Crippen LogP contribution in [0.3, 0.4) is 0 Å². The number of ether oxygens (including phenoxy) is 2. The summed E-state index contributed by atoms with van der Waals surface area (Å²) >= 11 is 0. The maximum atomic E-state index is 12.8. The van der Waals surface area contributed by atoms with Gasteiger partial charge in [-0.3, -0.25) is 9.59 Å². The van der Waals surface area contributed by atoms with Crippen LogP contribution < -0.4 is 14.8 Å². The lowest BCUT2D eigenvalue weighted by Gasteiger charge is -2.17. The van der Waals surface area contributed by atoms with Crippen LogP contribution in [0.15, 0.2) is 71.8 Å². The molecule has 1 amide bonds. The number of pyridine rings is 1. The van der Waals surface area contributed by atoms with Crippen molar-refractivity contribution in [3.63, 3.8) is 0 Å². The van der Waals surface area contributed by atoms with Crippen molar-refractivity contribution in [3.8, 4) is 17.4 Å². The van der Waals surface area contributed by atoms with Gasteiger partial charge in [-0.1, -0.05) is 12.1 Å². The number of likely N-dealkylation sites (N-methyl/N-ethyl adjacent to an activating group) is 1. The predicted octanol–water partition coefficient (Wildman–Crippen LogP) is 3.34. The number of nitrogens with zero attached hydrogens (tertiary/aromatic N) is 2. The molecule has 172 valence electrons. The number of rotatable bonds is 9. The molecule has 0 unspecified atom stereocenters. The summed E-state index contributed by atoms with van der Waals surface area (Å²) in [5.74, 6) is 0.557. The van der Waals surface area contributed by atoms with E-state index in [0.29, 0.717) is 17.1 Å². The molecule has 0 spiro atoms. The van der Waals surface area contributed by atoms with Gasteiger partial charge in [0.25, 0.3) is 0 Å². The highest BCUT2D eigenvalue weighted by atomic mass is 32.2. The van der Waals surface area contributed by atoms with Gasteiger partial charge in [0.15, 0.2) is 5.78 Å². The number of amides is 1. The van der Waals surface area contributed by atoms with Crippen molar-refractivity contribution in [3.05, 3.63) is 72.4 Å². The fraction of sp³-hybridized carbons (Fsp3) is 0.174. The molecule has 0 aliphatic rings. The van der Waals surface area contributed by atoms with Crippen LogP contribution in [0.4, 0.5) is 5.69 Å². The lowest BCUT2D eigenvalue weighted by Crippen LogP contribution is -2.35. The van der Waals surface area contributed by atoms with Crippen molar-refractivity contribution in [1.29, 1.82) is 0 Å². The molecule has 2 aromatic carbocycles. The second-order valence-corrected chi connectivity index (χ2v) is 9.07. The zero-order valence-electron chi connectivity index (χ0n) is 18.3. The summed E-state index contributed by atoms with van der Waals surface area (Å²) in [5.41, 5.74) is 0.685. The maximum Gasteiger partial charge on any atom is 0.243 e. The van der Waals surface area contributed by atoms with Gasteiger partial charge in [-0.2, -0.15) is 4.31 Å². The minimum absolute atomic E-state index is 0.0206. The first-order chi connectivity index (χ1) is 15.7. The van der Waals surface area contributed by atoms with Crippen LogP contribution in [0, 0.1) is 0 Å². The Kier molecular flexibility index (Phi) is 7.41. The van der Waals surface area contributed by atoms with Crippen molar-refractivity contribution in [2.75, 3.05) is 26.0 Å². The molecule has 10 heteroatoms. The molecule has 9 nitrogen and oxygen atoms in total. The van der Waals surface area contributed by atoms with E-state index in [2.05, 4.69) is 10.3 Å². The van der Waals surface area contributed by atoms with Gasteiger partial charge in [0.05, 0.1) is 18.6 Å². The number of hydrogen-bond donors (Lipinski definition) is 1. The third-order valence-corrected chi connectivity index (χ3v) is 6.47.